The zero-order valence-electron chi connectivity index (χ0n) is 21.4. The molecule has 190 valence electrons. The van der Waals surface area contributed by atoms with Gasteiger partial charge in [0.2, 0.25) is 0 Å². The van der Waals surface area contributed by atoms with Crippen LogP contribution < -0.4 is 14.8 Å². The monoisotopic (exact) mass is 493 g/mol. The summed E-state index contributed by atoms with van der Waals surface area (Å²) in [4.78, 5) is 26.5. The van der Waals surface area contributed by atoms with Crippen molar-refractivity contribution in [1.29, 1.82) is 0 Å². The van der Waals surface area contributed by atoms with Crippen LogP contribution in [0.5, 0.6) is 11.5 Å². The van der Waals surface area contributed by atoms with E-state index >= 15 is 0 Å². The summed E-state index contributed by atoms with van der Waals surface area (Å²) in [6.07, 6.45) is 1.11. The fourth-order valence-electron chi connectivity index (χ4n) is 5.00. The van der Waals surface area contributed by atoms with Crippen LogP contribution in [0, 0.1) is 11.2 Å². The van der Waals surface area contributed by atoms with Crippen molar-refractivity contribution < 1.29 is 28.2 Å². The maximum Gasteiger partial charge on any atom is 0.336 e. The minimum Gasteiger partial charge on any atom is -0.496 e. The van der Waals surface area contributed by atoms with Gasteiger partial charge in [0.05, 0.1) is 19.3 Å². The Bertz CT molecular complexity index is 1240. The second-order valence-corrected chi connectivity index (χ2v) is 9.96. The summed E-state index contributed by atoms with van der Waals surface area (Å²) in [5.74, 6) is -0.213. The van der Waals surface area contributed by atoms with Crippen molar-refractivity contribution in [3.8, 4) is 11.5 Å². The summed E-state index contributed by atoms with van der Waals surface area (Å²) in [5.41, 5.74) is 3.96. The van der Waals surface area contributed by atoms with E-state index in [2.05, 4.69) is 19.2 Å². The van der Waals surface area contributed by atoms with E-state index in [9.17, 15) is 14.0 Å². The molecule has 0 bridgehead atoms. The number of carbonyl (C=O) groups is 2. The first kappa shape index (κ1) is 25.5. The van der Waals surface area contributed by atoms with E-state index in [1.54, 1.807) is 26.2 Å². The van der Waals surface area contributed by atoms with Crippen LogP contribution in [0.2, 0.25) is 0 Å². The number of dihydropyridines is 1. The quantitative estimate of drug-likeness (QED) is 0.508. The fourth-order valence-corrected chi connectivity index (χ4v) is 5.00. The van der Waals surface area contributed by atoms with Gasteiger partial charge in [-0.3, -0.25) is 4.79 Å². The van der Waals surface area contributed by atoms with Crippen LogP contribution in [-0.4, -0.2) is 25.5 Å². The number of ketones is 1. The van der Waals surface area contributed by atoms with E-state index in [1.165, 1.54) is 12.1 Å². The largest absolute Gasteiger partial charge is 0.496 e. The van der Waals surface area contributed by atoms with Gasteiger partial charge in [0.15, 0.2) is 5.78 Å². The normalized spacial score (nSPS) is 18.9. The van der Waals surface area contributed by atoms with Crippen LogP contribution >= 0.6 is 0 Å². The van der Waals surface area contributed by atoms with Gasteiger partial charge in [0, 0.05) is 34.9 Å². The highest BCUT2D eigenvalue weighted by atomic mass is 19.1. The molecular weight excluding hydrogens is 461 g/mol. The number of ether oxygens (including phenoxy) is 3. The second-order valence-electron chi connectivity index (χ2n) is 9.96. The fraction of sp³-hybridized carbons (Fsp3) is 0.379. The predicted molar refractivity (Wildman–Crippen MR) is 134 cm³/mol. The third-order valence-electron chi connectivity index (χ3n) is 6.59. The molecule has 7 heteroatoms. The number of rotatable bonds is 7. The zero-order chi connectivity index (χ0) is 26.0. The molecule has 1 aliphatic heterocycles. The molecule has 2 aromatic rings. The molecule has 0 amide bonds. The van der Waals surface area contributed by atoms with Gasteiger partial charge in [-0.15, -0.1) is 0 Å². The molecule has 4 rings (SSSR count). The van der Waals surface area contributed by atoms with Gasteiger partial charge < -0.3 is 19.5 Å². The molecule has 0 aromatic heterocycles. The number of halogens is 1. The molecule has 1 aliphatic carbocycles. The van der Waals surface area contributed by atoms with Crippen LogP contribution in [-0.2, 0) is 20.9 Å². The minimum absolute atomic E-state index is 0.0238. The van der Waals surface area contributed by atoms with E-state index in [-0.39, 0.29) is 30.2 Å². The second kappa shape index (κ2) is 10.2. The summed E-state index contributed by atoms with van der Waals surface area (Å²) < 4.78 is 30.1. The molecule has 0 fully saturated rings. The van der Waals surface area contributed by atoms with Crippen molar-refractivity contribution >= 4 is 11.8 Å². The molecular formula is C29H32FNO5. The van der Waals surface area contributed by atoms with E-state index in [0.29, 0.717) is 41.2 Å². The summed E-state index contributed by atoms with van der Waals surface area (Å²) in [5, 5.41) is 3.34. The number of methoxy groups -OCH3 is 1. The molecule has 2 aliphatic rings. The van der Waals surface area contributed by atoms with E-state index < -0.39 is 11.9 Å². The maximum absolute atomic E-state index is 13.4. The molecule has 2 aromatic carbocycles. The van der Waals surface area contributed by atoms with Gasteiger partial charge in [-0.1, -0.05) is 26.0 Å². The number of Topliss-reactive ketones (excluding diaryl/α,β-unsaturated/α-hetero) is 1. The number of carbonyl (C=O) groups excluding carboxylic acids is 2. The number of nitrogens with one attached hydrogen (secondary N) is 1. The molecule has 1 N–H and O–H groups in total. The van der Waals surface area contributed by atoms with Gasteiger partial charge >= 0.3 is 5.97 Å². The highest BCUT2D eigenvalue weighted by Gasteiger charge is 2.43. The van der Waals surface area contributed by atoms with Gasteiger partial charge in [-0.2, -0.15) is 0 Å². The Labute approximate surface area is 211 Å². The summed E-state index contributed by atoms with van der Waals surface area (Å²) in [7, 11) is 1.56. The molecule has 36 heavy (non-hydrogen) atoms. The molecule has 0 spiro atoms. The van der Waals surface area contributed by atoms with Gasteiger partial charge in [0.25, 0.3) is 0 Å². The number of esters is 1. The van der Waals surface area contributed by atoms with Gasteiger partial charge in [-0.05, 0) is 61.6 Å². The Morgan fingerprint density at radius 1 is 1.14 bits per heavy atom. The number of benzene rings is 2. The average Bonchev–Trinajstić information content (AvgIpc) is 2.82. The first-order valence-corrected chi connectivity index (χ1v) is 12.1. The third kappa shape index (κ3) is 5.15. The SMILES string of the molecule is CCOC(=O)C1=C(C)NC2=C(C(=O)CC(C)(C)C2)[C@@H]1c1ccc(COc2ccc(F)cc2)c(OC)c1. The van der Waals surface area contributed by atoms with Crippen LogP contribution in [0.15, 0.2) is 65.0 Å². The van der Waals surface area contributed by atoms with Crippen molar-refractivity contribution in [2.24, 2.45) is 5.41 Å². The molecule has 0 saturated heterocycles. The van der Waals surface area contributed by atoms with Crippen LogP contribution in [0.1, 0.15) is 57.6 Å². The van der Waals surface area contributed by atoms with Crippen LogP contribution in [0.3, 0.4) is 0 Å². The minimum atomic E-state index is -0.565. The van der Waals surface area contributed by atoms with E-state index in [0.717, 1.165) is 16.8 Å². The lowest BCUT2D eigenvalue weighted by molar-refractivity contribution is -0.138. The molecule has 1 atom stereocenters. The number of hydrogen-bond donors (Lipinski definition) is 1. The van der Waals surface area contributed by atoms with Crippen molar-refractivity contribution in [3.63, 3.8) is 0 Å². The maximum atomic E-state index is 13.4. The Balaban J connectivity index is 1.73. The molecule has 1 heterocycles. The predicted octanol–water partition coefficient (Wildman–Crippen LogP) is 5.58. The van der Waals surface area contributed by atoms with E-state index in [4.69, 9.17) is 14.2 Å². The topological polar surface area (TPSA) is 73.9 Å². The van der Waals surface area contributed by atoms with Gasteiger partial charge in [-0.25, -0.2) is 9.18 Å². The Morgan fingerprint density at radius 2 is 1.86 bits per heavy atom. The summed E-state index contributed by atoms with van der Waals surface area (Å²) in [6, 6.07) is 11.4. The lowest BCUT2D eigenvalue weighted by atomic mass is 9.68. The Hall–Kier alpha value is -3.61. The molecule has 6 nitrogen and oxygen atoms in total. The molecule has 0 saturated carbocycles. The van der Waals surface area contributed by atoms with Gasteiger partial charge in [0.1, 0.15) is 23.9 Å². The Kier molecular flexibility index (Phi) is 7.20. The first-order valence-electron chi connectivity index (χ1n) is 12.1. The number of hydrogen-bond acceptors (Lipinski definition) is 6. The van der Waals surface area contributed by atoms with Crippen LogP contribution in [0.25, 0.3) is 0 Å². The average molecular weight is 494 g/mol. The summed E-state index contributed by atoms with van der Waals surface area (Å²) in [6.45, 7) is 8.20. The van der Waals surface area contributed by atoms with Crippen molar-refractivity contribution in [2.45, 2.75) is 53.1 Å². The lowest BCUT2D eigenvalue weighted by Gasteiger charge is -2.39. The third-order valence-corrected chi connectivity index (χ3v) is 6.59. The first-order chi connectivity index (χ1) is 17.1. The highest BCUT2D eigenvalue weighted by molar-refractivity contribution is 6.04. The van der Waals surface area contributed by atoms with Crippen molar-refractivity contribution in [1.82, 2.24) is 5.32 Å². The molecule has 0 unspecified atom stereocenters. The number of allylic oxidation sites excluding steroid dienone is 3. The lowest BCUT2D eigenvalue weighted by Crippen LogP contribution is -2.38. The Morgan fingerprint density at radius 3 is 2.53 bits per heavy atom. The smallest absolute Gasteiger partial charge is 0.336 e. The van der Waals surface area contributed by atoms with E-state index in [1.807, 2.05) is 25.1 Å². The standard InChI is InChI=1S/C29H32FNO5/c1-6-35-28(33)25-17(2)31-22-14-29(3,4)15-23(32)27(22)26(25)18-7-8-19(24(13-18)34-5)16-36-21-11-9-20(30)10-12-21/h7-13,26,31H,6,14-16H2,1-5H3/t26-/m1/s1. The van der Waals surface area contributed by atoms with Crippen molar-refractivity contribution in [2.75, 3.05) is 13.7 Å². The highest BCUT2D eigenvalue weighted by Crippen LogP contribution is 2.47. The van der Waals surface area contributed by atoms with Crippen LogP contribution in [0.4, 0.5) is 4.39 Å². The molecule has 0 radical (unpaired) electrons. The summed E-state index contributed by atoms with van der Waals surface area (Å²) >= 11 is 0. The zero-order valence-corrected chi connectivity index (χ0v) is 21.4. The van der Waals surface area contributed by atoms with Crippen molar-refractivity contribution in [3.05, 3.63) is 81.9 Å².